The van der Waals surface area contributed by atoms with Crippen molar-refractivity contribution in [3.63, 3.8) is 0 Å². The Balaban J connectivity index is 0.00000225. The standard InChI is InChI=1S/C21H27F2N3O2.2ClH/c22-15-7-8-17(18(23)13-15)19-14-26-21(28-19)10-9-20(27)25-12-11-24-16-5-3-1-2-4-6-16;;/h7-8,13-14,16,24H,1-6,9-12H2,(H,25,27);2*1H. The third-order valence-corrected chi connectivity index (χ3v) is 5.05. The second-order valence-electron chi connectivity index (χ2n) is 7.23. The van der Waals surface area contributed by atoms with Gasteiger partial charge in [0.2, 0.25) is 5.91 Å². The summed E-state index contributed by atoms with van der Waals surface area (Å²) in [6, 6.07) is 3.84. The molecule has 1 fully saturated rings. The van der Waals surface area contributed by atoms with Crippen LogP contribution in [-0.4, -0.2) is 30.0 Å². The average molecular weight is 464 g/mol. The maximum atomic E-state index is 13.8. The minimum absolute atomic E-state index is 0. The van der Waals surface area contributed by atoms with E-state index < -0.39 is 11.6 Å². The van der Waals surface area contributed by atoms with E-state index in [4.69, 9.17) is 4.42 Å². The summed E-state index contributed by atoms with van der Waals surface area (Å²) in [6.45, 7) is 1.36. The molecule has 1 heterocycles. The summed E-state index contributed by atoms with van der Waals surface area (Å²) in [5.41, 5.74) is 0.147. The molecule has 2 aromatic rings. The molecule has 2 N–H and O–H groups in total. The monoisotopic (exact) mass is 463 g/mol. The van der Waals surface area contributed by atoms with Gasteiger partial charge in [0.1, 0.15) is 11.6 Å². The minimum atomic E-state index is -0.707. The zero-order valence-corrected chi connectivity index (χ0v) is 18.4. The van der Waals surface area contributed by atoms with Crippen molar-refractivity contribution in [2.24, 2.45) is 0 Å². The molecule has 0 saturated heterocycles. The molecule has 3 rings (SSSR count). The molecule has 0 spiro atoms. The van der Waals surface area contributed by atoms with Crippen LogP contribution in [0.1, 0.15) is 50.8 Å². The second-order valence-corrected chi connectivity index (χ2v) is 7.23. The fourth-order valence-electron chi connectivity index (χ4n) is 3.51. The van der Waals surface area contributed by atoms with Crippen LogP contribution in [0.25, 0.3) is 11.3 Å². The third-order valence-electron chi connectivity index (χ3n) is 5.05. The number of carbonyl (C=O) groups is 1. The Morgan fingerprint density at radius 2 is 1.83 bits per heavy atom. The molecule has 0 unspecified atom stereocenters. The Hall–Kier alpha value is -1.70. The van der Waals surface area contributed by atoms with E-state index in [1.807, 2.05) is 0 Å². The summed E-state index contributed by atoms with van der Waals surface area (Å²) in [4.78, 5) is 16.1. The molecule has 0 aliphatic heterocycles. The maximum absolute atomic E-state index is 13.8. The normalized spacial score (nSPS) is 14.3. The van der Waals surface area contributed by atoms with Crippen molar-refractivity contribution in [1.29, 1.82) is 0 Å². The zero-order valence-electron chi connectivity index (χ0n) is 16.8. The van der Waals surface area contributed by atoms with Crippen molar-refractivity contribution in [2.45, 2.75) is 57.4 Å². The highest BCUT2D eigenvalue weighted by Crippen LogP contribution is 2.24. The number of hydrogen-bond acceptors (Lipinski definition) is 4. The SMILES string of the molecule is Cl.Cl.O=C(CCc1ncc(-c2ccc(F)cc2F)o1)NCCNC1CCCCCC1. The Labute approximate surface area is 188 Å². The van der Waals surface area contributed by atoms with Crippen molar-refractivity contribution >= 4 is 30.7 Å². The van der Waals surface area contributed by atoms with Gasteiger partial charge in [-0.05, 0) is 25.0 Å². The smallest absolute Gasteiger partial charge is 0.220 e. The van der Waals surface area contributed by atoms with Crippen LogP contribution in [0.3, 0.4) is 0 Å². The number of nitrogens with zero attached hydrogens (tertiary/aromatic N) is 1. The molecule has 168 valence electrons. The number of hydrogen-bond donors (Lipinski definition) is 2. The Bertz CT molecular complexity index is 781. The minimum Gasteiger partial charge on any atom is -0.441 e. The van der Waals surface area contributed by atoms with Crippen molar-refractivity contribution in [3.05, 3.63) is 41.9 Å². The first kappa shape index (κ1) is 26.3. The fraction of sp³-hybridized carbons (Fsp3) is 0.524. The van der Waals surface area contributed by atoms with Gasteiger partial charge < -0.3 is 15.1 Å². The first-order valence-corrected chi connectivity index (χ1v) is 10.0. The van der Waals surface area contributed by atoms with Gasteiger partial charge in [0.25, 0.3) is 0 Å². The van der Waals surface area contributed by atoms with Gasteiger partial charge >= 0.3 is 0 Å². The molecular formula is C21H29Cl2F2N3O2. The molecule has 30 heavy (non-hydrogen) atoms. The Morgan fingerprint density at radius 3 is 2.53 bits per heavy atom. The van der Waals surface area contributed by atoms with E-state index in [9.17, 15) is 13.6 Å². The number of rotatable bonds is 8. The average Bonchev–Trinajstić information content (AvgIpc) is 2.98. The van der Waals surface area contributed by atoms with Crippen molar-refractivity contribution < 1.29 is 18.0 Å². The van der Waals surface area contributed by atoms with E-state index in [1.165, 1.54) is 50.8 Å². The zero-order chi connectivity index (χ0) is 19.8. The molecule has 1 aliphatic carbocycles. The highest BCUT2D eigenvalue weighted by molar-refractivity contribution is 5.85. The van der Waals surface area contributed by atoms with Crippen LogP contribution in [-0.2, 0) is 11.2 Å². The number of carbonyl (C=O) groups excluding carboxylic acids is 1. The van der Waals surface area contributed by atoms with Crippen molar-refractivity contribution in [3.8, 4) is 11.3 Å². The first-order valence-electron chi connectivity index (χ1n) is 10.0. The maximum Gasteiger partial charge on any atom is 0.220 e. The van der Waals surface area contributed by atoms with Crippen molar-refractivity contribution in [1.82, 2.24) is 15.6 Å². The summed E-state index contributed by atoms with van der Waals surface area (Å²) in [7, 11) is 0. The molecule has 5 nitrogen and oxygen atoms in total. The topological polar surface area (TPSA) is 67.2 Å². The van der Waals surface area contributed by atoms with Gasteiger partial charge in [-0.15, -0.1) is 24.8 Å². The van der Waals surface area contributed by atoms with Crippen LogP contribution >= 0.6 is 24.8 Å². The summed E-state index contributed by atoms with van der Waals surface area (Å²) in [5, 5.41) is 6.40. The summed E-state index contributed by atoms with van der Waals surface area (Å²) >= 11 is 0. The van der Waals surface area contributed by atoms with Gasteiger partial charge in [-0.1, -0.05) is 25.7 Å². The van der Waals surface area contributed by atoms with Gasteiger partial charge in [0.15, 0.2) is 11.7 Å². The quantitative estimate of drug-likeness (QED) is 0.434. The van der Waals surface area contributed by atoms with Gasteiger partial charge in [-0.25, -0.2) is 13.8 Å². The van der Waals surface area contributed by atoms with Crippen LogP contribution in [0, 0.1) is 11.6 Å². The number of aromatic nitrogens is 1. The van der Waals surface area contributed by atoms with Crippen LogP contribution in [0.15, 0.2) is 28.8 Å². The molecule has 1 aromatic heterocycles. The van der Waals surface area contributed by atoms with E-state index in [0.717, 1.165) is 18.7 Å². The second kappa shape index (κ2) is 13.6. The molecule has 1 aliphatic rings. The molecule has 0 atom stereocenters. The van der Waals surface area contributed by atoms with E-state index in [1.54, 1.807) is 0 Å². The summed E-state index contributed by atoms with van der Waals surface area (Å²) < 4.78 is 32.3. The Kier molecular flexibility index (Phi) is 11.9. The number of oxazole rings is 1. The predicted molar refractivity (Wildman–Crippen MR) is 117 cm³/mol. The number of aryl methyl sites for hydroxylation is 1. The molecule has 0 bridgehead atoms. The van der Waals surface area contributed by atoms with Gasteiger partial charge in [-0.2, -0.15) is 0 Å². The third kappa shape index (κ3) is 8.20. The highest BCUT2D eigenvalue weighted by atomic mass is 35.5. The lowest BCUT2D eigenvalue weighted by Crippen LogP contribution is -2.36. The summed E-state index contributed by atoms with van der Waals surface area (Å²) in [5.74, 6) is -0.853. The van der Waals surface area contributed by atoms with E-state index in [0.29, 0.717) is 24.9 Å². The van der Waals surface area contributed by atoms with Crippen LogP contribution in [0.5, 0.6) is 0 Å². The first-order chi connectivity index (χ1) is 13.6. The van der Waals surface area contributed by atoms with E-state index in [2.05, 4.69) is 15.6 Å². The lowest BCUT2D eigenvalue weighted by atomic mass is 10.1. The number of nitrogens with one attached hydrogen (secondary N) is 2. The highest BCUT2D eigenvalue weighted by Gasteiger charge is 2.13. The summed E-state index contributed by atoms with van der Waals surface area (Å²) in [6.07, 6.45) is 9.61. The van der Waals surface area contributed by atoms with E-state index >= 15 is 0 Å². The predicted octanol–water partition coefficient (Wildman–Crippen LogP) is 4.82. The number of benzene rings is 1. The Morgan fingerprint density at radius 1 is 1.10 bits per heavy atom. The molecule has 1 amide bonds. The molecule has 1 saturated carbocycles. The van der Waals surface area contributed by atoms with Gasteiger partial charge in [0.05, 0.1) is 11.8 Å². The molecule has 0 radical (unpaired) electrons. The van der Waals surface area contributed by atoms with Crippen molar-refractivity contribution in [2.75, 3.05) is 13.1 Å². The number of halogens is 4. The molecule has 9 heteroatoms. The molecular weight excluding hydrogens is 435 g/mol. The number of amides is 1. The van der Waals surface area contributed by atoms with Crippen LogP contribution in [0.2, 0.25) is 0 Å². The molecule has 1 aromatic carbocycles. The lowest BCUT2D eigenvalue weighted by Gasteiger charge is -2.16. The van der Waals surface area contributed by atoms with Crippen LogP contribution < -0.4 is 10.6 Å². The lowest BCUT2D eigenvalue weighted by molar-refractivity contribution is -0.121. The van der Waals surface area contributed by atoms with Gasteiger partial charge in [0, 0.05) is 38.0 Å². The van der Waals surface area contributed by atoms with Crippen LogP contribution in [0.4, 0.5) is 8.78 Å². The van der Waals surface area contributed by atoms with Gasteiger partial charge in [-0.3, -0.25) is 4.79 Å². The fourth-order valence-corrected chi connectivity index (χ4v) is 3.51. The largest absolute Gasteiger partial charge is 0.441 e. The van der Waals surface area contributed by atoms with E-state index in [-0.39, 0.29) is 48.5 Å².